The lowest BCUT2D eigenvalue weighted by Crippen LogP contribution is -2.43. The molecule has 0 radical (unpaired) electrons. The largest absolute Gasteiger partial charge is 0.378 e. The molecule has 1 heterocycles. The highest BCUT2D eigenvalue weighted by molar-refractivity contribution is 7.90. The summed E-state index contributed by atoms with van der Waals surface area (Å²) in [5.74, 6) is 0.250. The van der Waals surface area contributed by atoms with Crippen LogP contribution in [0.15, 0.2) is 0 Å². The Morgan fingerprint density at radius 1 is 1.47 bits per heavy atom. The van der Waals surface area contributed by atoms with Crippen LogP contribution in [0.5, 0.6) is 0 Å². The van der Waals surface area contributed by atoms with E-state index in [-0.39, 0.29) is 17.3 Å². The average Bonchev–Trinajstić information content (AvgIpc) is 2.54. The summed E-state index contributed by atoms with van der Waals surface area (Å²) >= 11 is 0. The molecule has 1 rings (SSSR count). The molecule has 0 saturated carbocycles. The second-order valence-corrected chi connectivity index (χ2v) is 7.80. The van der Waals surface area contributed by atoms with E-state index in [4.69, 9.17) is 4.74 Å². The Hall–Kier alpha value is -0.130. The lowest BCUT2D eigenvalue weighted by atomic mass is 9.79. The van der Waals surface area contributed by atoms with Gasteiger partial charge in [0.1, 0.15) is 9.84 Å². The quantitative estimate of drug-likeness (QED) is 0.783. The smallest absolute Gasteiger partial charge is 0.147 e. The van der Waals surface area contributed by atoms with Crippen molar-refractivity contribution in [3.8, 4) is 0 Å². The molecule has 102 valence electrons. The number of hydrogen-bond donors (Lipinski definition) is 1. The van der Waals surface area contributed by atoms with Gasteiger partial charge in [0.05, 0.1) is 11.9 Å². The third-order valence-electron chi connectivity index (χ3n) is 3.66. The Kier molecular flexibility index (Phi) is 4.98. The van der Waals surface area contributed by atoms with E-state index < -0.39 is 9.84 Å². The van der Waals surface area contributed by atoms with Gasteiger partial charge in [0, 0.05) is 30.9 Å². The molecule has 0 spiro atoms. The number of hydrogen-bond acceptors (Lipinski definition) is 4. The molecule has 1 saturated heterocycles. The predicted octanol–water partition coefficient (Wildman–Crippen LogP) is 1.21. The first-order valence-corrected chi connectivity index (χ1v) is 8.34. The lowest BCUT2D eigenvalue weighted by molar-refractivity contribution is 0.0604. The predicted molar refractivity (Wildman–Crippen MR) is 69.9 cm³/mol. The number of nitrogens with one attached hydrogen (secondary N) is 1. The lowest BCUT2D eigenvalue weighted by Gasteiger charge is -2.33. The molecule has 1 fully saturated rings. The normalized spacial score (nSPS) is 30.1. The Labute approximate surface area is 105 Å². The van der Waals surface area contributed by atoms with Crippen LogP contribution >= 0.6 is 0 Å². The van der Waals surface area contributed by atoms with Gasteiger partial charge in [-0.3, -0.25) is 0 Å². The maximum absolute atomic E-state index is 11.3. The summed E-state index contributed by atoms with van der Waals surface area (Å²) in [6.45, 7) is 7.83. The molecule has 0 bridgehead atoms. The fraction of sp³-hybridized carbons (Fsp3) is 1.00. The Morgan fingerprint density at radius 3 is 2.53 bits per heavy atom. The first-order chi connectivity index (χ1) is 7.75. The summed E-state index contributed by atoms with van der Waals surface area (Å²) in [6, 6.07) is 0.415. The van der Waals surface area contributed by atoms with E-state index in [0.717, 1.165) is 19.6 Å². The summed E-state index contributed by atoms with van der Waals surface area (Å²) in [5.41, 5.74) is -0.0205. The molecule has 0 aromatic carbocycles. The summed E-state index contributed by atoms with van der Waals surface area (Å²) in [6.07, 6.45) is 3.07. The zero-order valence-electron chi connectivity index (χ0n) is 11.3. The molecule has 0 aromatic heterocycles. The summed E-state index contributed by atoms with van der Waals surface area (Å²) < 4.78 is 28.3. The highest BCUT2D eigenvalue weighted by atomic mass is 32.2. The SMILES string of the molecule is CC(C)NCC1(CCS(C)(=O)=O)CCOC1C. The first kappa shape index (κ1) is 14.9. The van der Waals surface area contributed by atoms with Crippen molar-refractivity contribution in [1.82, 2.24) is 5.32 Å². The van der Waals surface area contributed by atoms with Crippen molar-refractivity contribution in [3.63, 3.8) is 0 Å². The zero-order valence-corrected chi connectivity index (χ0v) is 12.1. The number of ether oxygens (including phenoxy) is 1. The molecule has 4 nitrogen and oxygen atoms in total. The summed E-state index contributed by atoms with van der Waals surface area (Å²) in [7, 11) is -2.90. The molecular formula is C12H25NO3S. The van der Waals surface area contributed by atoms with Gasteiger partial charge < -0.3 is 10.1 Å². The standard InChI is InChI=1S/C12H25NO3S/c1-10(2)13-9-12(5-7-16-11(12)3)6-8-17(4,14)15/h10-11,13H,5-9H2,1-4H3. The van der Waals surface area contributed by atoms with Crippen LogP contribution < -0.4 is 5.32 Å². The fourth-order valence-corrected chi connectivity index (χ4v) is 3.04. The van der Waals surface area contributed by atoms with Gasteiger partial charge in [-0.1, -0.05) is 13.8 Å². The van der Waals surface area contributed by atoms with Crippen molar-refractivity contribution >= 4 is 9.84 Å². The van der Waals surface area contributed by atoms with Crippen molar-refractivity contribution in [2.45, 2.75) is 45.8 Å². The second-order valence-electron chi connectivity index (χ2n) is 5.54. The van der Waals surface area contributed by atoms with Crippen molar-refractivity contribution in [2.24, 2.45) is 5.41 Å². The van der Waals surface area contributed by atoms with Gasteiger partial charge in [-0.05, 0) is 19.8 Å². The van der Waals surface area contributed by atoms with Crippen molar-refractivity contribution in [2.75, 3.05) is 25.2 Å². The van der Waals surface area contributed by atoms with Crippen LogP contribution in [0.25, 0.3) is 0 Å². The van der Waals surface area contributed by atoms with Gasteiger partial charge in [-0.2, -0.15) is 0 Å². The molecule has 1 aliphatic heterocycles. The number of rotatable bonds is 6. The van der Waals surface area contributed by atoms with Crippen LogP contribution in [0.4, 0.5) is 0 Å². The molecule has 17 heavy (non-hydrogen) atoms. The minimum absolute atomic E-state index is 0.0205. The molecule has 0 amide bonds. The molecule has 1 aliphatic rings. The van der Waals surface area contributed by atoms with Gasteiger partial charge in [-0.15, -0.1) is 0 Å². The monoisotopic (exact) mass is 263 g/mol. The molecular weight excluding hydrogens is 238 g/mol. The maximum atomic E-state index is 11.3. The minimum atomic E-state index is -2.90. The molecule has 0 aromatic rings. The third kappa shape index (κ3) is 4.56. The van der Waals surface area contributed by atoms with Crippen molar-refractivity contribution < 1.29 is 13.2 Å². The van der Waals surface area contributed by atoms with E-state index in [9.17, 15) is 8.42 Å². The highest BCUT2D eigenvalue weighted by Crippen LogP contribution is 2.38. The second kappa shape index (κ2) is 5.67. The van der Waals surface area contributed by atoms with Crippen LogP contribution in [0.2, 0.25) is 0 Å². The first-order valence-electron chi connectivity index (χ1n) is 6.28. The van der Waals surface area contributed by atoms with Gasteiger partial charge in [0.2, 0.25) is 0 Å². The van der Waals surface area contributed by atoms with E-state index in [0.29, 0.717) is 12.5 Å². The van der Waals surface area contributed by atoms with E-state index in [1.807, 2.05) is 0 Å². The molecule has 2 atom stereocenters. The Morgan fingerprint density at radius 2 is 2.12 bits per heavy atom. The van der Waals surface area contributed by atoms with E-state index in [1.165, 1.54) is 6.26 Å². The van der Waals surface area contributed by atoms with E-state index >= 15 is 0 Å². The minimum Gasteiger partial charge on any atom is -0.378 e. The Bertz CT molecular complexity index is 340. The van der Waals surface area contributed by atoms with Crippen LogP contribution in [0.3, 0.4) is 0 Å². The third-order valence-corrected chi connectivity index (χ3v) is 4.61. The topological polar surface area (TPSA) is 55.4 Å². The summed E-state index contributed by atoms with van der Waals surface area (Å²) in [5, 5.41) is 3.42. The highest BCUT2D eigenvalue weighted by Gasteiger charge is 2.41. The number of sulfone groups is 1. The molecule has 0 aliphatic carbocycles. The van der Waals surface area contributed by atoms with Crippen LogP contribution in [-0.2, 0) is 14.6 Å². The van der Waals surface area contributed by atoms with Gasteiger partial charge in [0.15, 0.2) is 0 Å². The fourth-order valence-electron chi connectivity index (χ4n) is 2.26. The Balaban J connectivity index is 2.66. The summed E-state index contributed by atoms with van der Waals surface area (Å²) in [4.78, 5) is 0. The van der Waals surface area contributed by atoms with Crippen molar-refractivity contribution in [1.29, 1.82) is 0 Å². The van der Waals surface area contributed by atoms with Gasteiger partial charge >= 0.3 is 0 Å². The van der Waals surface area contributed by atoms with E-state index in [1.54, 1.807) is 0 Å². The average molecular weight is 263 g/mol. The van der Waals surface area contributed by atoms with Gasteiger partial charge in [-0.25, -0.2) is 8.42 Å². The zero-order chi connectivity index (χ0) is 13.1. The van der Waals surface area contributed by atoms with Crippen LogP contribution in [0, 0.1) is 5.41 Å². The molecule has 1 N–H and O–H groups in total. The molecule has 5 heteroatoms. The van der Waals surface area contributed by atoms with Gasteiger partial charge in [0.25, 0.3) is 0 Å². The van der Waals surface area contributed by atoms with Crippen LogP contribution in [0.1, 0.15) is 33.6 Å². The maximum Gasteiger partial charge on any atom is 0.147 e. The molecule has 2 unspecified atom stereocenters. The van der Waals surface area contributed by atoms with E-state index in [2.05, 4.69) is 26.1 Å². The van der Waals surface area contributed by atoms with Crippen LogP contribution in [-0.4, -0.2) is 45.7 Å². The van der Waals surface area contributed by atoms with Crippen molar-refractivity contribution in [3.05, 3.63) is 0 Å².